The number of fused-ring (bicyclic) bond motifs is 1. The number of halogens is 1. The first-order chi connectivity index (χ1) is 15.0. The monoisotopic (exact) mass is 423 g/mol. The first kappa shape index (κ1) is 22.2. The molecule has 7 heteroatoms. The second-order valence-corrected chi connectivity index (χ2v) is 7.36. The zero-order valence-corrected chi connectivity index (χ0v) is 17.5. The van der Waals surface area contributed by atoms with Gasteiger partial charge < -0.3 is 9.67 Å². The van der Waals surface area contributed by atoms with E-state index in [1.807, 2.05) is 0 Å². The molecule has 0 spiro atoms. The molecule has 1 heterocycles. The molecular formula is C24H26FN3O3. The van der Waals surface area contributed by atoms with Crippen LogP contribution in [0.2, 0.25) is 0 Å². The maximum absolute atomic E-state index is 13.1. The summed E-state index contributed by atoms with van der Waals surface area (Å²) in [4.78, 5) is 25.8. The van der Waals surface area contributed by atoms with Gasteiger partial charge in [-0.3, -0.25) is 9.59 Å². The fourth-order valence-corrected chi connectivity index (χ4v) is 3.46. The van der Waals surface area contributed by atoms with Crippen molar-refractivity contribution in [2.24, 2.45) is 5.10 Å². The van der Waals surface area contributed by atoms with Gasteiger partial charge in [-0.2, -0.15) is 5.10 Å². The van der Waals surface area contributed by atoms with Gasteiger partial charge in [0.2, 0.25) is 0 Å². The summed E-state index contributed by atoms with van der Waals surface area (Å²) >= 11 is 0. The van der Waals surface area contributed by atoms with E-state index in [1.54, 1.807) is 28.8 Å². The maximum atomic E-state index is 13.1. The number of hydrogen-bond acceptors (Lipinski definition) is 4. The third kappa shape index (κ3) is 5.36. The number of unbranched alkanes of at least 4 members (excludes halogenated alkanes) is 4. The van der Waals surface area contributed by atoms with Crippen LogP contribution in [0.1, 0.15) is 54.9 Å². The largest absolute Gasteiger partial charge is 0.506 e. The summed E-state index contributed by atoms with van der Waals surface area (Å²) in [5.74, 6) is -1.54. The van der Waals surface area contributed by atoms with Gasteiger partial charge in [-0.1, -0.05) is 56.9 Å². The lowest BCUT2D eigenvalue weighted by Gasteiger charge is -2.14. The van der Waals surface area contributed by atoms with E-state index in [2.05, 4.69) is 17.5 Å². The molecule has 0 aliphatic rings. The number of nitrogens with one attached hydrogen (secondary N) is 1. The summed E-state index contributed by atoms with van der Waals surface area (Å²) < 4.78 is 14.5. The summed E-state index contributed by atoms with van der Waals surface area (Å²) in [6, 6.07) is 12.5. The second-order valence-electron chi connectivity index (χ2n) is 7.36. The SMILES string of the molecule is CCCCCCCn1c(=O)c(C(=O)N/N=C/c2ccc(F)cc2)c(O)c2ccccc21. The molecule has 3 aromatic rings. The number of aromatic nitrogens is 1. The molecule has 0 radical (unpaired) electrons. The summed E-state index contributed by atoms with van der Waals surface area (Å²) in [5.41, 5.74) is 2.55. The Kier molecular flexibility index (Phi) is 7.54. The average molecular weight is 423 g/mol. The molecule has 0 unspecified atom stereocenters. The van der Waals surface area contributed by atoms with Gasteiger partial charge in [-0.05, 0) is 36.2 Å². The minimum atomic E-state index is -0.800. The average Bonchev–Trinajstić information content (AvgIpc) is 2.77. The molecule has 0 aliphatic heterocycles. The highest BCUT2D eigenvalue weighted by molar-refractivity contribution is 6.02. The number of amides is 1. The van der Waals surface area contributed by atoms with E-state index in [9.17, 15) is 19.1 Å². The summed E-state index contributed by atoms with van der Waals surface area (Å²) in [6.07, 6.45) is 6.49. The van der Waals surface area contributed by atoms with Crippen molar-refractivity contribution in [2.45, 2.75) is 45.6 Å². The Labute approximate surface area is 180 Å². The van der Waals surface area contributed by atoms with Crippen LogP contribution in [-0.2, 0) is 6.54 Å². The van der Waals surface area contributed by atoms with Crippen molar-refractivity contribution < 1.29 is 14.3 Å². The Hall–Kier alpha value is -3.48. The number of aryl methyl sites for hydroxylation is 1. The van der Waals surface area contributed by atoms with Crippen LogP contribution < -0.4 is 11.0 Å². The fourth-order valence-electron chi connectivity index (χ4n) is 3.46. The van der Waals surface area contributed by atoms with Crippen molar-refractivity contribution in [3.05, 3.63) is 75.8 Å². The van der Waals surface area contributed by atoms with E-state index in [0.717, 1.165) is 32.1 Å². The number of para-hydroxylation sites is 1. The van der Waals surface area contributed by atoms with Gasteiger partial charge in [-0.25, -0.2) is 9.82 Å². The Bertz CT molecular complexity index is 1140. The smallest absolute Gasteiger partial charge is 0.280 e. The van der Waals surface area contributed by atoms with Crippen molar-refractivity contribution in [2.75, 3.05) is 0 Å². The number of nitrogens with zero attached hydrogens (tertiary/aromatic N) is 2. The summed E-state index contributed by atoms with van der Waals surface area (Å²) in [7, 11) is 0. The van der Waals surface area contributed by atoms with Crippen LogP contribution >= 0.6 is 0 Å². The Morgan fingerprint density at radius 3 is 2.55 bits per heavy atom. The Balaban J connectivity index is 1.87. The summed E-state index contributed by atoms with van der Waals surface area (Å²) in [6.45, 7) is 2.60. The third-order valence-electron chi connectivity index (χ3n) is 5.11. The fraction of sp³-hybridized carbons (Fsp3) is 0.292. The highest BCUT2D eigenvalue weighted by Gasteiger charge is 2.21. The second kappa shape index (κ2) is 10.5. The molecule has 1 aromatic heterocycles. The van der Waals surface area contributed by atoms with Crippen molar-refractivity contribution in [3.8, 4) is 5.75 Å². The molecule has 1 amide bonds. The first-order valence-electron chi connectivity index (χ1n) is 10.5. The van der Waals surface area contributed by atoms with E-state index in [0.29, 0.717) is 23.0 Å². The highest BCUT2D eigenvalue weighted by Crippen LogP contribution is 2.26. The zero-order chi connectivity index (χ0) is 22.2. The number of rotatable bonds is 9. The lowest BCUT2D eigenvalue weighted by Crippen LogP contribution is -2.31. The molecule has 0 atom stereocenters. The molecule has 0 bridgehead atoms. The van der Waals surface area contributed by atoms with Gasteiger partial charge in [0.05, 0.1) is 11.7 Å². The predicted molar refractivity (Wildman–Crippen MR) is 120 cm³/mol. The molecular weight excluding hydrogens is 397 g/mol. The van der Waals surface area contributed by atoms with Crippen LogP contribution in [0.5, 0.6) is 5.75 Å². The molecule has 31 heavy (non-hydrogen) atoms. The zero-order valence-electron chi connectivity index (χ0n) is 17.5. The van der Waals surface area contributed by atoms with Gasteiger partial charge in [-0.15, -0.1) is 0 Å². The Morgan fingerprint density at radius 1 is 1.10 bits per heavy atom. The van der Waals surface area contributed by atoms with Crippen LogP contribution in [0, 0.1) is 5.82 Å². The molecule has 0 saturated heterocycles. The van der Waals surface area contributed by atoms with Crippen LogP contribution in [0.25, 0.3) is 10.9 Å². The number of benzene rings is 2. The van der Waals surface area contributed by atoms with Gasteiger partial charge in [0, 0.05) is 11.9 Å². The van der Waals surface area contributed by atoms with Crippen LogP contribution in [0.4, 0.5) is 4.39 Å². The predicted octanol–water partition coefficient (Wildman–Crippen LogP) is 4.58. The van der Waals surface area contributed by atoms with Gasteiger partial charge in [0.1, 0.15) is 17.1 Å². The lowest BCUT2D eigenvalue weighted by atomic mass is 10.1. The van der Waals surface area contributed by atoms with E-state index in [4.69, 9.17) is 0 Å². The first-order valence-corrected chi connectivity index (χ1v) is 10.5. The highest BCUT2D eigenvalue weighted by atomic mass is 19.1. The molecule has 0 aliphatic carbocycles. The number of aromatic hydroxyl groups is 1. The minimum absolute atomic E-state index is 0.344. The molecule has 0 saturated carbocycles. The maximum Gasteiger partial charge on any atom is 0.280 e. The molecule has 3 rings (SSSR count). The van der Waals surface area contributed by atoms with Gasteiger partial charge in [0.25, 0.3) is 11.5 Å². The standard InChI is InChI=1S/C24H26FN3O3/c1-2-3-4-5-8-15-28-20-10-7-6-9-19(20)22(29)21(24(28)31)23(30)27-26-16-17-11-13-18(25)14-12-17/h6-7,9-14,16,29H,2-5,8,15H2,1H3,(H,27,30)/b26-16+. The van der Waals surface area contributed by atoms with E-state index < -0.39 is 11.5 Å². The molecule has 0 fully saturated rings. The van der Waals surface area contributed by atoms with E-state index in [1.165, 1.54) is 30.5 Å². The normalized spacial score (nSPS) is 11.3. The topological polar surface area (TPSA) is 83.7 Å². The van der Waals surface area contributed by atoms with Crippen LogP contribution in [0.3, 0.4) is 0 Å². The van der Waals surface area contributed by atoms with Crippen molar-refractivity contribution in [1.82, 2.24) is 9.99 Å². The quantitative estimate of drug-likeness (QED) is 0.300. The van der Waals surface area contributed by atoms with Crippen LogP contribution in [0.15, 0.2) is 58.4 Å². The molecule has 6 nitrogen and oxygen atoms in total. The number of carbonyl (C=O) groups excluding carboxylic acids is 1. The minimum Gasteiger partial charge on any atom is -0.506 e. The third-order valence-corrected chi connectivity index (χ3v) is 5.11. The van der Waals surface area contributed by atoms with Gasteiger partial charge in [0.15, 0.2) is 0 Å². The molecule has 2 N–H and O–H groups in total. The summed E-state index contributed by atoms with van der Waals surface area (Å²) in [5, 5.41) is 14.9. The molecule has 162 valence electrons. The van der Waals surface area contributed by atoms with E-state index in [-0.39, 0.29) is 17.1 Å². The number of pyridine rings is 1. The van der Waals surface area contributed by atoms with E-state index >= 15 is 0 Å². The van der Waals surface area contributed by atoms with Crippen LogP contribution in [-0.4, -0.2) is 21.8 Å². The van der Waals surface area contributed by atoms with Gasteiger partial charge >= 0.3 is 0 Å². The number of hydrazone groups is 1. The lowest BCUT2D eigenvalue weighted by molar-refractivity contribution is 0.0950. The molecule has 2 aromatic carbocycles. The van der Waals surface area contributed by atoms with Crippen molar-refractivity contribution in [3.63, 3.8) is 0 Å². The van der Waals surface area contributed by atoms with Crippen molar-refractivity contribution >= 4 is 23.0 Å². The number of carbonyl (C=O) groups is 1. The van der Waals surface area contributed by atoms with Crippen molar-refractivity contribution in [1.29, 1.82) is 0 Å². The Morgan fingerprint density at radius 2 is 1.81 bits per heavy atom. The number of hydrogen-bond donors (Lipinski definition) is 2.